The quantitative estimate of drug-likeness (QED) is 0.927. The molecule has 19 heavy (non-hydrogen) atoms. The highest BCUT2D eigenvalue weighted by Gasteiger charge is 2.14. The van der Waals surface area contributed by atoms with Crippen molar-refractivity contribution in [1.29, 1.82) is 0 Å². The minimum Gasteiger partial charge on any atom is -0.480 e. The highest BCUT2D eigenvalue weighted by Crippen LogP contribution is 2.25. The van der Waals surface area contributed by atoms with Crippen LogP contribution in [0.3, 0.4) is 0 Å². The van der Waals surface area contributed by atoms with E-state index >= 15 is 0 Å². The Labute approximate surface area is 107 Å². The van der Waals surface area contributed by atoms with E-state index in [-0.39, 0.29) is 22.6 Å². The summed E-state index contributed by atoms with van der Waals surface area (Å²) >= 11 is 0. The summed E-state index contributed by atoms with van der Waals surface area (Å²) in [6.07, 6.45) is 1.29. The van der Waals surface area contributed by atoms with Gasteiger partial charge >= 0.3 is 5.97 Å². The van der Waals surface area contributed by atoms with Crippen molar-refractivity contribution in [2.45, 2.75) is 0 Å². The Morgan fingerprint density at radius 1 is 1.16 bits per heavy atom. The molecule has 98 valence electrons. The molecule has 0 aliphatic rings. The number of carbonyl (C=O) groups is 1. The SMILES string of the molecule is COc1ncc(-c2cc(F)cc(F)c2)cc1C(=O)O. The summed E-state index contributed by atoms with van der Waals surface area (Å²) in [5.74, 6) is -2.79. The van der Waals surface area contributed by atoms with Gasteiger partial charge in [0.05, 0.1) is 7.11 Å². The lowest BCUT2D eigenvalue weighted by Crippen LogP contribution is -2.02. The molecule has 1 N–H and O–H groups in total. The van der Waals surface area contributed by atoms with Crippen LogP contribution >= 0.6 is 0 Å². The molecule has 1 heterocycles. The third kappa shape index (κ3) is 2.67. The summed E-state index contributed by atoms with van der Waals surface area (Å²) < 4.78 is 31.0. The van der Waals surface area contributed by atoms with Crippen molar-refractivity contribution in [3.05, 3.63) is 47.7 Å². The van der Waals surface area contributed by atoms with Crippen LogP contribution in [-0.4, -0.2) is 23.2 Å². The molecule has 0 aliphatic carbocycles. The van der Waals surface area contributed by atoms with E-state index in [9.17, 15) is 13.6 Å². The predicted octanol–water partition coefficient (Wildman–Crippen LogP) is 2.73. The minimum atomic E-state index is -1.23. The van der Waals surface area contributed by atoms with Gasteiger partial charge in [-0.15, -0.1) is 0 Å². The molecule has 1 aromatic carbocycles. The lowest BCUT2D eigenvalue weighted by molar-refractivity contribution is 0.0692. The molecule has 4 nitrogen and oxygen atoms in total. The number of nitrogens with zero attached hydrogens (tertiary/aromatic N) is 1. The van der Waals surface area contributed by atoms with E-state index in [0.29, 0.717) is 0 Å². The predicted molar refractivity (Wildman–Crippen MR) is 63.1 cm³/mol. The van der Waals surface area contributed by atoms with Crippen molar-refractivity contribution < 1.29 is 23.4 Å². The molecule has 6 heteroatoms. The Kier molecular flexibility index (Phi) is 3.41. The number of halogens is 2. The second-order valence-corrected chi connectivity index (χ2v) is 3.74. The second-order valence-electron chi connectivity index (χ2n) is 3.74. The number of rotatable bonds is 3. The normalized spacial score (nSPS) is 10.3. The zero-order valence-corrected chi connectivity index (χ0v) is 9.85. The summed E-state index contributed by atoms with van der Waals surface area (Å²) in [6, 6.07) is 4.18. The number of aromatic nitrogens is 1. The first-order valence-corrected chi connectivity index (χ1v) is 5.25. The molecule has 0 amide bonds. The number of pyridine rings is 1. The smallest absolute Gasteiger partial charge is 0.341 e. The third-order valence-corrected chi connectivity index (χ3v) is 2.47. The van der Waals surface area contributed by atoms with Crippen molar-refractivity contribution in [3.8, 4) is 17.0 Å². The lowest BCUT2D eigenvalue weighted by Gasteiger charge is -2.07. The first-order valence-electron chi connectivity index (χ1n) is 5.25. The number of benzene rings is 1. The van der Waals surface area contributed by atoms with E-state index < -0.39 is 17.6 Å². The Bertz CT molecular complexity index is 624. The van der Waals surface area contributed by atoms with Gasteiger partial charge in [-0.1, -0.05) is 0 Å². The van der Waals surface area contributed by atoms with Gasteiger partial charge in [0.1, 0.15) is 17.2 Å². The number of carboxylic acid groups (broad SMARTS) is 1. The Balaban J connectivity index is 2.57. The van der Waals surface area contributed by atoms with E-state index in [0.717, 1.165) is 18.2 Å². The number of methoxy groups -OCH3 is 1. The molecule has 0 spiro atoms. The van der Waals surface area contributed by atoms with Crippen LogP contribution in [-0.2, 0) is 0 Å². The van der Waals surface area contributed by atoms with Gasteiger partial charge in [-0.05, 0) is 23.8 Å². The van der Waals surface area contributed by atoms with Crippen molar-refractivity contribution in [2.24, 2.45) is 0 Å². The van der Waals surface area contributed by atoms with Gasteiger partial charge in [0.2, 0.25) is 5.88 Å². The van der Waals surface area contributed by atoms with Gasteiger partial charge in [0.15, 0.2) is 0 Å². The molecule has 0 atom stereocenters. The molecule has 0 aliphatic heterocycles. The van der Waals surface area contributed by atoms with Crippen molar-refractivity contribution in [2.75, 3.05) is 7.11 Å². The fraction of sp³-hybridized carbons (Fsp3) is 0.0769. The summed E-state index contributed by atoms with van der Waals surface area (Å²) in [6.45, 7) is 0. The highest BCUT2D eigenvalue weighted by atomic mass is 19.1. The molecule has 0 saturated carbocycles. The molecular formula is C13H9F2NO3. The Morgan fingerprint density at radius 3 is 2.32 bits per heavy atom. The average molecular weight is 265 g/mol. The Hall–Kier alpha value is -2.50. The third-order valence-electron chi connectivity index (χ3n) is 2.47. The second kappa shape index (κ2) is 5.01. The van der Waals surface area contributed by atoms with E-state index in [2.05, 4.69) is 4.98 Å². The monoisotopic (exact) mass is 265 g/mol. The van der Waals surface area contributed by atoms with Crippen LogP contribution in [0.2, 0.25) is 0 Å². The van der Waals surface area contributed by atoms with Crippen LogP contribution in [0.5, 0.6) is 5.88 Å². The number of aromatic carboxylic acids is 1. The van der Waals surface area contributed by atoms with E-state index in [4.69, 9.17) is 9.84 Å². The highest BCUT2D eigenvalue weighted by molar-refractivity contribution is 5.91. The Morgan fingerprint density at radius 2 is 1.79 bits per heavy atom. The van der Waals surface area contributed by atoms with Gasteiger partial charge < -0.3 is 9.84 Å². The maximum Gasteiger partial charge on any atom is 0.341 e. The van der Waals surface area contributed by atoms with Gasteiger partial charge in [0, 0.05) is 17.8 Å². The van der Waals surface area contributed by atoms with E-state index in [1.165, 1.54) is 19.4 Å². The number of carboxylic acids is 1. The van der Waals surface area contributed by atoms with E-state index in [1.54, 1.807) is 0 Å². The zero-order valence-electron chi connectivity index (χ0n) is 9.85. The van der Waals surface area contributed by atoms with Crippen molar-refractivity contribution >= 4 is 5.97 Å². The van der Waals surface area contributed by atoms with Crippen LogP contribution in [0.4, 0.5) is 8.78 Å². The molecule has 0 fully saturated rings. The summed E-state index contributed by atoms with van der Waals surface area (Å²) in [5.41, 5.74) is 0.316. The molecule has 0 bridgehead atoms. The van der Waals surface area contributed by atoms with Gasteiger partial charge in [0.25, 0.3) is 0 Å². The molecule has 0 saturated heterocycles. The van der Waals surface area contributed by atoms with Crippen LogP contribution in [0.25, 0.3) is 11.1 Å². The lowest BCUT2D eigenvalue weighted by atomic mass is 10.1. The van der Waals surface area contributed by atoms with Crippen molar-refractivity contribution in [3.63, 3.8) is 0 Å². The van der Waals surface area contributed by atoms with Crippen LogP contribution < -0.4 is 4.74 Å². The molecule has 0 radical (unpaired) electrons. The van der Waals surface area contributed by atoms with Gasteiger partial charge in [-0.2, -0.15) is 0 Å². The maximum atomic E-state index is 13.1. The minimum absolute atomic E-state index is 0.0619. The molecular weight excluding hydrogens is 256 g/mol. The summed E-state index contributed by atoms with van der Waals surface area (Å²) in [5, 5.41) is 9.01. The van der Waals surface area contributed by atoms with Crippen LogP contribution in [0.1, 0.15) is 10.4 Å². The largest absolute Gasteiger partial charge is 0.480 e. The maximum absolute atomic E-state index is 13.1. The number of hydrogen-bond donors (Lipinski definition) is 1. The van der Waals surface area contributed by atoms with Crippen LogP contribution in [0, 0.1) is 11.6 Å². The fourth-order valence-electron chi connectivity index (χ4n) is 1.65. The van der Waals surface area contributed by atoms with Gasteiger partial charge in [-0.25, -0.2) is 18.6 Å². The number of hydrogen-bond acceptors (Lipinski definition) is 3. The summed E-state index contributed by atoms with van der Waals surface area (Å²) in [4.78, 5) is 14.8. The number of ether oxygens (including phenoxy) is 1. The summed E-state index contributed by atoms with van der Waals surface area (Å²) in [7, 11) is 1.29. The average Bonchev–Trinajstić information content (AvgIpc) is 2.36. The van der Waals surface area contributed by atoms with Crippen molar-refractivity contribution in [1.82, 2.24) is 4.98 Å². The first kappa shape index (κ1) is 12.9. The fourth-order valence-corrected chi connectivity index (χ4v) is 1.65. The standard InChI is InChI=1S/C13H9F2NO3/c1-19-12-11(13(17)18)4-8(6-16-12)7-2-9(14)5-10(15)3-7/h2-6H,1H3,(H,17,18). The molecule has 1 aromatic heterocycles. The zero-order chi connectivity index (χ0) is 14.0. The van der Waals surface area contributed by atoms with Crippen LogP contribution in [0.15, 0.2) is 30.5 Å². The van der Waals surface area contributed by atoms with Gasteiger partial charge in [-0.3, -0.25) is 0 Å². The topological polar surface area (TPSA) is 59.4 Å². The molecule has 0 unspecified atom stereocenters. The molecule has 2 rings (SSSR count). The first-order chi connectivity index (χ1) is 9.01. The van der Waals surface area contributed by atoms with E-state index in [1.807, 2.05) is 0 Å². The molecule has 2 aromatic rings.